The second-order valence-corrected chi connectivity index (χ2v) is 8.58. The van der Waals surface area contributed by atoms with Gasteiger partial charge in [-0.15, -0.1) is 12.4 Å². The molecule has 0 spiro atoms. The van der Waals surface area contributed by atoms with Gasteiger partial charge in [0.2, 0.25) is 17.7 Å². The van der Waals surface area contributed by atoms with Crippen LogP contribution < -0.4 is 16.0 Å². The molecule has 4 N–H and O–H groups in total. The first-order chi connectivity index (χ1) is 14.8. The number of nitrogens with zero attached hydrogens (tertiary/aromatic N) is 1. The van der Waals surface area contributed by atoms with E-state index in [0.717, 1.165) is 24.8 Å². The van der Waals surface area contributed by atoms with Gasteiger partial charge in [0.1, 0.15) is 12.1 Å². The molecule has 0 radical (unpaired) electrons. The third-order valence-corrected chi connectivity index (χ3v) is 6.40. The molecule has 1 aromatic carbocycles. The van der Waals surface area contributed by atoms with Crippen molar-refractivity contribution >= 4 is 30.1 Å². The van der Waals surface area contributed by atoms with E-state index < -0.39 is 30.1 Å². The van der Waals surface area contributed by atoms with Gasteiger partial charge < -0.3 is 26.0 Å². The van der Waals surface area contributed by atoms with Gasteiger partial charge in [-0.1, -0.05) is 24.3 Å². The number of rotatable bonds is 7. The molecule has 8 nitrogen and oxygen atoms in total. The smallest absolute Gasteiger partial charge is 0.248 e. The second kappa shape index (κ2) is 11.6. The first-order valence-electron chi connectivity index (χ1n) is 11.2. The summed E-state index contributed by atoms with van der Waals surface area (Å²) in [5, 5.41) is 18.7. The summed E-state index contributed by atoms with van der Waals surface area (Å²) in [5.41, 5.74) is 2.40. The Kier molecular flexibility index (Phi) is 9.48. The van der Waals surface area contributed by atoms with Crippen molar-refractivity contribution in [2.45, 2.75) is 76.2 Å². The summed E-state index contributed by atoms with van der Waals surface area (Å²) in [4.78, 5) is 40.1. The normalized spacial score (nSPS) is 22.7. The van der Waals surface area contributed by atoms with Crippen molar-refractivity contribution in [3.05, 3.63) is 35.4 Å². The molecule has 0 bridgehead atoms. The van der Waals surface area contributed by atoms with E-state index in [2.05, 4.69) is 28.1 Å². The third kappa shape index (κ3) is 5.79. The number of amides is 3. The van der Waals surface area contributed by atoms with Crippen molar-refractivity contribution in [1.82, 2.24) is 20.9 Å². The molecule has 1 aromatic rings. The molecule has 9 heteroatoms. The first kappa shape index (κ1) is 26.1. The minimum Gasteiger partial charge on any atom is -0.391 e. The van der Waals surface area contributed by atoms with E-state index in [1.165, 1.54) is 17.4 Å². The Labute approximate surface area is 195 Å². The number of fused-ring (bicyclic) bond motifs is 1. The summed E-state index contributed by atoms with van der Waals surface area (Å²) in [7, 11) is 1.65. The Balaban J connectivity index is 0.00000363. The maximum atomic E-state index is 13.2. The van der Waals surface area contributed by atoms with E-state index >= 15 is 0 Å². The van der Waals surface area contributed by atoms with Crippen LogP contribution in [0.25, 0.3) is 0 Å². The molecule has 1 aliphatic heterocycles. The maximum Gasteiger partial charge on any atom is 0.248 e. The van der Waals surface area contributed by atoms with E-state index in [-0.39, 0.29) is 30.3 Å². The molecule has 1 aliphatic carbocycles. The second-order valence-electron chi connectivity index (χ2n) is 8.58. The van der Waals surface area contributed by atoms with E-state index in [0.29, 0.717) is 19.4 Å². The lowest BCUT2D eigenvalue weighted by Crippen LogP contribution is -2.59. The number of carbonyl (C=O) groups excluding carboxylic acids is 3. The van der Waals surface area contributed by atoms with Gasteiger partial charge in [-0.05, 0) is 64.1 Å². The van der Waals surface area contributed by atoms with Crippen LogP contribution >= 0.6 is 12.4 Å². The summed E-state index contributed by atoms with van der Waals surface area (Å²) >= 11 is 0. The Hall–Kier alpha value is -2.16. The molecule has 1 saturated heterocycles. The molecule has 1 fully saturated rings. The SMILES string of the molecule is CN[C@@H](C)C(=O)N[C@H](C(=O)N1CCC[C@H]1C(=O)N[C@@H]1CCCc2ccccc21)[C@@H](C)O.Cl. The number of carbonyl (C=O) groups is 3. The lowest BCUT2D eigenvalue weighted by Gasteiger charge is -2.32. The Morgan fingerprint density at radius 2 is 1.84 bits per heavy atom. The van der Waals surface area contributed by atoms with Gasteiger partial charge in [0.15, 0.2) is 0 Å². The number of halogens is 1. The largest absolute Gasteiger partial charge is 0.391 e. The molecular weight excluding hydrogens is 432 g/mol. The zero-order valence-corrected chi connectivity index (χ0v) is 19.8. The monoisotopic (exact) mass is 466 g/mol. The highest BCUT2D eigenvalue weighted by molar-refractivity contribution is 5.93. The highest BCUT2D eigenvalue weighted by Gasteiger charge is 2.40. The van der Waals surface area contributed by atoms with Crippen molar-refractivity contribution in [3.8, 4) is 0 Å². The van der Waals surface area contributed by atoms with Crippen LogP contribution in [0.15, 0.2) is 24.3 Å². The summed E-state index contributed by atoms with van der Waals surface area (Å²) in [5.74, 6) is -0.971. The zero-order chi connectivity index (χ0) is 22.5. The van der Waals surface area contributed by atoms with Crippen molar-refractivity contribution in [1.29, 1.82) is 0 Å². The topological polar surface area (TPSA) is 111 Å². The molecule has 178 valence electrons. The fourth-order valence-corrected chi connectivity index (χ4v) is 4.45. The lowest BCUT2D eigenvalue weighted by molar-refractivity contribution is -0.144. The fourth-order valence-electron chi connectivity index (χ4n) is 4.45. The Bertz CT molecular complexity index is 819. The van der Waals surface area contributed by atoms with Gasteiger partial charge >= 0.3 is 0 Å². The minimum absolute atomic E-state index is 0. The molecular formula is C23H35ClN4O4. The van der Waals surface area contributed by atoms with E-state index in [9.17, 15) is 19.5 Å². The van der Waals surface area contributed by atoms with E-state index in [1.54, 1.807) is 14.0 Å². The predicted molar refractivity (Wildman–Crippen MR) is 124 cm³/mol. The lowest BCUT2D eigenvalue weighted by atomic mass is 9.87. The number of aliphatic hydroxyl groups is 1. The molecule has 5 atom stereocenters. The number of hydrogen-bond donors (Lipinski definition) is 4. The Morgan fingerprint density at radius 3 is 2.53 bits per heavy atom. The van der Waals surface area contributed by atoms with Crippen molar-refractivity contribution < 1.29 is 19.5 Å². The van der Waals surface area contributed by atoms with Crippen LogP contribution in [0.2, 0.25) is 0 Å². The fraction of sp³-hybridized carbons (Fsp3) is 0.609. The first-order valence-corrected chi connectivity index (χ1v) is 11.2. The summed E-state index contributed by atoms with van der Waals surface area (Å²) in [6.45, 7) is 3.57. The number of likely N-dealkylation sites (N-methyl/N-ethyl adjacent to an activating group) is 1. The van der Waals surface area contributed by atoms with Crippen LogP contribution in [0, 0.1) is 0 Å². The summed E-state index contributed by atoms with van der Waals surface area (Å²) in [6.07, 6.45) is 3.09. The summed E-state index contributed by atoms with van der Waals surface area (Å²) < 4.78 is 0. The van der Waals surface area contributed by atoms with Crippen molar-refractivity contribution in [2.75, 3.05) is 13.6 Å². The number of aryl methyl sites for hydroxylation is 1. The molecule has 2 aliphatic rings. The molecule has 0 saturated carbocycles. The van der Waals surface area contributed by atoms with Crippen LogP contribution in [0.3, 0.4) is 0 Å². The number of aliphatic hydroxyl groups excluding tert-OH is 1. The van der Waals surface area contributed by atoms with Gasteiger partial charge in [-0.3, -0.25) is 14.4 Å². The van der Waals surface area contributed by atoms with Gasteiger partial charge in [-0.2, -0.15) is 0 Å². The highest BCUT2D eigenvalue weighted by Crippen LogP contribution is 2.30. The van der Waals surface area contributed by atoms with E-state index in [4.69, 9.17) is 0 Å². The van der Waals surface area contributed by atoms with Crippen LogP contribution in [0.1, 0.15) is 56.7 Å². The maximum absolute atomic E-state index is 13.2. The third-order valence-electron chi connectivity index (χ3n) is 6.40. The number of benzene rings is 1. The van der Waals surface area contributed by atoms with Crippen molar-refractivity contribution in [3.63, 3.8) is 0 Å². The van der Waals surface area contributed by atoms with Gasteiger partial charge in [0.05, 0.1) is 18.2 Å². The highest BCUT2D eigenvalue weighted by atomic mass is 35.5. The molecule has 3 amide bonds. The molecule has 3 rings (SSSR count). The van der Waals surface area contributed by atoms with Crippen LogP contribution in [0.5, 0.6) is 0 Å². The number of nitrogens with one attached hydrogen (secondary N) is 3. The van der Waals surface area contributed by atoms with Crippen LogP contribution in [-0.4, -0.2) is 65.5 Å². The number of hydrogen-bond acceptors (Lipinski definition) is 5. The minimum atomic E-state index is -1.09. The van der Waals surface area contributed by atoms with E-state index in [1.807, 2.05) is 12.1 Å². The molecule has 1 heterocycles. The average molecular weight is 467 g/mol. The van der Waals surface area contributed by atoms with Gasteiger partial charge in [-0.25, -0.2) is 0 Å². The predicted octanol–water partition coefficient (Wildman–Crippen LogP) is 1.07. The van der Waals surface area contributed by atoms with Gasteiger partial charge in [0, 0.05) is 6.54 Å². The molecule has 0 aromatic heterocycles. The van der Waals surface area contributed by atoms with Crippen LogP contribution in [-0.2, 0) is 20.8 Å². The number of likely N-dealkylation sites (tertiary alicyclic amines) is 1. The average Bonchev–Trinajstić information content (AvgIpc) is 3.26. The van der Waals surface area contributed by atoms with Gasteiger partial charge in [0.25, 0.3) is 0 Å². The van der Waals surface area contributed by atoms with Crippen molar-refractivity contribution in [2.24, 2.45) is 0 Å². The Morgan fingerprint density at radius 1 is 1.12 bits per heavy atom. The molecule has 0 unspecified atom stereocenters. The summed E-state index contributed by atoms with van der Waals surface area (Å²) in [6, 6.07) is 5.90. The quantitative estimate of drug-likeness (QED) is 0.480. The zero-order valence-electron chi connectivity index (χ0n) is 19.0. The van der Waals surface area contributed by atoms with Crippen LogP contribution in [0.4, 0.5) is 0 Å². The standard InChI is InChI=1S/C23H34N4O4.ClH/c1-14(24-3)21(29)26-20(15(2)28)23(31)27-13-7-12-19(27)22(30)25-18-11-6-9-16-8-4-5-10-17(16)18;/h4-5,8,10,14-15,18-20,24,28H,6-7,9,11-13H2,1-3H3,(H,25,30)(H,26,29);1H/t14-,15+,18+,19-,20-;/m0./s1. The molecule has 32 heavy (non-hydrogen) atoms.